The Morgan fingerprint density at radius 1 is 1.19 bits per heavy atom. The average Bonchev–Trinajstić information content (AvgIpc) is 2.64. The summed E-state index contributed by atoms with van der Waals surface area (Å²) in [5, 5.41) is 5.93. The zero-order chi connectivity index (χ0) is 19.3. The minimum absolute atomic E-state index is 0.0197. The van der Waals surface area contributed by atoms with Crippen LogP contribution in [0.3, 0.4) is 0 Å². The topological polar surface area (TPSA) is 61.4 Å². The lowest BCUT2D eigenvalue weighted by atomic mass is 9.95. The molecule has 144 valence electrons. The SMILES string of the molecule is CNC(C)CNC(=O)C1CCN(C(=O)c2ccc(C(F)(F)F)cc2)CC1. The summed E-state index contributed by atoms with van der Waals surface area (Å²) in [6.07, 6.45) is -3.32. The highest BCUT2D eigenvalue weighted by molar-refractivity contribution is 5.94. The van der Waals surface area contributed by atoms with Crippen molar-refractivity contribution < 1.29 is 22.8 Å². The third-order valence-electron chi connectivity index (χ3n) is 4.69. The molecule has 2 rings (SSSR count). The number of alkyl halides is 3. The number of likely N-dealkylation sites (N-methyl/N-ethyl adjacent to an activating group) is 1. The molecule has 5 nitrogen and oxygen atoms in total. The molecule has 1 unspecified atom stereocenters. The molecule has 0 bridgehead atoms. The monoisotopic (exact) mass is 371 g/mol. The van der Waals surface area contributed by atoms with Crippen LogP contribution in [-0.4, -0.2) is 49.4 Å². The van der Waals surface area contributed by atoms with E-state index in [4.69, 9.17) is 0 Å². The van der Waals surface area contributed by atoms with E-state index in [-0.39, 0.29) is 29.3 Å². The molecule has 1 aliphatic rings. The number of carbonyl (C=O) groups is 2. The standard InChI is InChI=1S/C18H24F3N3O2/c1-12(22-2)11-23-16(25)13-7-9-24(10-8-13)17(26)14-3-5-15(6-4-14)18(19,20)21/h3-6,12-13,22H,7-11H2,1-2H3,(H,23,25). The molecule has 1 atom stereocenters. The largest absolute Gasteiger partial charge is 0.416 e. The third kappa shape index (κ3) is 5.20. The van der Waals surface area contributed by atoms with Crippen molar-refractivity contribution in [2.45, 2.75) is 32.0 Å². The van der Waals surface area contributed by atoms with E-state index in [1.807, 2.05) is 14.0 Å². The lowest BCUT2D eigenvalue weighted by molar-refractivity contribution is -0.137. The van der Waals surface area contributed by atoms with Gasteiger partial charge in [-0.15, -0.1) is 0 Å². The Morgan fingerprint density at radius 2 is 1.77 bits per heavy atom. The van der Waals surface area contributed by atoms with Gasteiger partial charge in [0.15, 0.2) is 0 Å². The second kappa shape index (κ2) is 8.53. The van der Waals surface area contributed by atoms with E-state index >= 15 is 0 Å². The molecule has 1 fully saturated rings. The number of hydrogen-bond acceptors (Lipinski definition) is 3. The summed E-state index contributed by atoms with van der Waals surface area (Å²) in [6, 6.07) is 4.40. The molecular formula is C18H24F3N3O2. The van der Waals surface area contributed by atoms with Crippen LogP contribution in [-0.2, 0) is 11.0 Å². The Hall–Kier alpha value is -2.09. The average molecular weight is 371 g/mol. The highest BCUT2D eigenvalue weighted by atomic mass is 19.4. The maximum atomic E-state index is 12.6. The van der Waals surface area contributed by atoms with Gasteiger partial charge in [-0.3, -0.25) is 9.59 Å². The van der Waals surface area contributed by atoms with Crippen LogP contribution in [0.5, 0.6) is 0 Å². The number of carbonyl (C=O) groups excluding carboxylic acids is 2. The van der Waals surface area contributed by atoms with Gasteiger partial charge in [0, 0.05) is 37.2 Å². The summed E-state index contributed by atoms with van der Waals surface area (Å²) in [7, 11) is 1.82. The Labute approximate surface area is 150 Å². The zero-order valence-corrected chi connectivity index (χ0v) is 14.9. The van der Waals surface area contributed by atoms with E-state index < -0.39 is 11.7 Å². The number of nitrogens with one attached hydrogen (secondary N) is 2. The molecule has 8 heteroatoms. The van der Waals surface area contributed by atoms with Crippen molar-refractivity contribution in [2.24, 2.45) is 5.92 Å². The fourth-order valence-corrected chi connectivity index (χ4v) is 2.83. The number of rotatable bonds is 5. The van der Waals surface area contributed by atoms with Gasteiger partial charge in [0.1, 0.15) is 0 Å². The van der Waals surface area contributed by atoms with E-state index in [0.717, 1.165) is 12.1 Å². The number of piperidine rings is 1. The number of halogens is 3. The summed E-state index contributed by atoms with van der Waals surface area (Å²) in [5.74, 6) is -0.467. The third-order valence-corrected chi connectivity index (χ3v) is 4.69. The quantitative estimate of drug-likeness (QED) is 0.835. The Bertz CT molecular complexity index is 624. The molecule has 1 aliphatic heterocycles. The minimum atomic E-state index is -4.42. The summed E-state index contributed by atoms with van der Waals surface area (Å²) >= 11 is 0. The van der Waals surface area contributed by atoms with Gasteiger partial charge in [-0.2, -0.15) is 13.2 Å². The van der Waals surface area contributed by atoms with Gasteiger partial charge in [-0.25, -0.2) is 0 Å². The number of nitrogens with zero attached hydrogens (tertiary/aromatic N) is 1. The predicted molar refractivity (Wildman–Crippen MR) is 91.6 cm³/mol. The van der Waals surface area contributed by atoms with Crippen LogP contribution in [0.1, 0.15) is 35.7 Å². The van der Waals surface area contributed by atoms with Crippen molar-refractivity contribution in [3.8, 4) is 0 Å². The van der Waals surface area contributed by atoms with Crippen molar-refractivity contribution in [3.63, 3.8) is 0 Å². The number of amides is 2. The van der Waals surface area contributed by atoms with Crippen molar-refractivity contribution in [2.75, 3.05) is 26.7 Å². The second-order valence-corrected chi connectivity index (χ2v) is 6.58. The van der Waals surface area contributed by atoms with Gasteiger partial charge in [-0.1, -0.05) is 0 Å². The van der Waals surface area contributed by atoms with E-state index in [2.05, 4.69) is 10.6 Å². The van der Waals surface area contributed by atoms with Gasteiger partial charge in [0.2, 0.25) is 5.91 Å². The molecule has 1 heterocycles. The Morgan fingerprint density at radius 3 is 2.27 bits per heavy atom. The van der Waals surface area contributed by atoms with Gasteiger partial charge < -0.3 is 15.5 Å². The summed E-state index contributed by atoms with van der Waals surface area (Å²) in [6.45, 7) is 3.34. The summed E-state index contributed by atoms with van der Waals surface area (Å²) in [5.41, 5.74) is -0.552. The normalized spacial score (nSPS) is 17.0. The number of hydrogen-bond donors (Lipinski definition) is 2. The smallest absolute Gasteiger partial charge is 0.354 e. The van der Waals surface area contributed by atoms with Gasteiger partial charge >= 0.3 is 6.18 Å². The fourth-order valence-electron chi connectivity index (χ4n) is 2.83. The maximum absolute atomic E-state index is 12.6. The molecule has 1 saturated heterocycles. The summed E-state index contributed by atoms with van der Waals surface area (Å²) in [4.78, 5) is 26.2. The van der Waals surface area contributed by atoms with Crippen LogP contribution >= 0.6 is 0 Å². The van der Waals surface area contributed by atoms with Gasteiger partial charge in [0.25, 0.3) is 5.91 Å². The first-order valence-corrected chi connectivity index (χ1v) is 8.64. The summed E-state index contributed by atoms with van der Waals surface area (Å²) < 4.78 is 37.8. The van der Waals surface area contributed by atoms with Crippen molar-refractivity contribution >= 4 is 11.8 Å². The molecule has 0 aromatic heterocycles. The van der Waals surface area contributed by atoms with Crippen molar-refractivity contribution in [1.82, 2.24) is 15.5 Å². The molecule has 1 aromatic carbocycles. The first kappa shape index (κ1) is 20.2. The molecule has 26 heavy (non-hydrogen) atoms. The first-order chi connectivity index (χ1) is 12.2. The first-order valence-electron chi connectivity index (χ1n) is 8.64. The molecule has 0 spiro atoms. The molecule has 0 saturated carbocycles. The molecular weight excluding hydrogens is 347 g/mol. The van der Waals surface area contributed by atoms with Crippen molar-refractivity contribution in [1.29, 1.82) is 0 Å². The fraction of sp³-hybridized carbons (Fsp3) is 0.556. The van der Waals surface area contributed by atoms with Gasteiger partial charge in [-0.05, 0) is 51.1 Å². The van der Waals surface area contributed by atoms with E-state index in [1.54, 1.807) is 4.90 Å². The maximum Gasteiger partial charge on any atom is 0.416 e. The van der Waals surface area contributed by atoms with E-state index in [1.165, 1.54) is 12.1 Å². The van der Waals surface area contributed by atoms with Crippen LogP contribution < -0.4 is 10.6 Å². The van der Waals surface area contributed by atoms with Crippen LogP contribution in [0.15, 0.2) is 24.3 Å². The number of benzene rings is 1. The molecule has 0 radical (unpaired) electrons. The highest BCUT2D eigenvalue weighted by Crippen LogP contribution is 2.29. The van der Waals surface area contributed by atoms with Crippen LogP contribution in [0, 0.1) is 5.92 Å². The lowest BCUT2D eigenvalue weighted by Gasteiger charge is -2.31. The molecule has 2 amide bonds. The zero-order valence-electron chi connectivity index (χ0n) is 14.9. The molecule has 0 aliphatic carbocycles. The van der Waals surface area contributed by atoms with Crippen LogP contribution in [0.2, 0.25) is 0 Å². The number of likely N-dealkylation sites (tertiary alicyclic amines) is 1. The van der Waals surface area contributed by atoms with Crippen LogP contribution in [0.4, 0.5) is 13.2 Å². The molecule has 2 N–H and O–H groups in total. The predicted octanol–water partition coefficient (Wildman–Crippen LogP) is 2.28. The molecule has 1 aromatic rings. The van der Waals surface area contributed by atoms with Crippen molar-refractivity contribution in [3.05, 3.63) is 35.4 Å². The van der Waals surface area contributed by atoms with E-state index in [0.29, 0.717) is 32.5 Å². The van der Waals surface area contributed by atoms with Crippen LogP contribution in [0.25, 0.3) is 0 Å². The second-order valence-electron chi connectivity index (χ2n) is 6.58. The minimum Gasteiger partial charge on any atom is -0.354 e. The van der Waals surface area contributed by atoms with E-state index in [9.17, 15) is 22.8 Å². The van der Waals surface area contributed by atoms with Gasteiger partial charge in [0.05, 0.1) is 5.56 Å². The Kier molecular flexibility index (Phi) is 6.63. The highest BCUT2D eigenvalue weighted by Gasteiger charge is 2.31. The Balaban J connectivity index is 1.87. The lowest BCUT2D eigenvalue weighted by Crippen LogP contribution is -2.45.